The lowest BCUT2D eigenvalue weighted by molar-refractivity contribution is -0.140. The molecule has 4 nitrogen and oxygen atoms in total. The molecule has 1 N–H and O–H groups in total. The summed E-state index contributed by atoms with van der Waals surface area (Å²) in [6.45, 7) is 9.07. The van der Waals surface area contributed by atoms with Crippen LogP contribution in [-0.4, -0.2) is 43.4 Å². The predicted molar refractivity (Wildman–Crippen MR) is 119 cm³/mol. The molecule has 5 heteroatoms. The van der Waals surface area contributed by atoms with Gasteiger partial charge in [-0.3, -0.25) is 9.59 Å². The molecule has 1 saturated heterocycles. The average molecular weight is 407 g/mol. The van der Waals surface area contributed by atoms with Crippen LogP contribution in [0.4, 0.5) is 0 Å². The van der Waals surface area contributed by atoms with E-state index in [9.17, 15) is 9.59 Å². The van der Waals surface area contributed by atoms with Crippen molar-refractivity contribution in [2.45, 2.75) is 49.6 Å². The quantitative estimate of drug-likeness (QED) is 0.776. The number of likely N-dealkylation sites (tertiary alicyclic amines) is 1. The smallest absolute Gasteiger partial charge is 0.252 e. The topological polar surface area (TPSA) is 49.4 Å². The van der Waals surface area contributed by atoms with Crippen LogP contribution < -0.4 is 5.32 Å². The fraction of sp³-hybridized carbons (Fsp3) is 0.417. The zero-order valence-corrected chi connectivity index (χ0v) is 18.8. The van der Waals surface area contributed by atoms with Crippen molar-refractivity contribution >= 4 is 19.9 Å². The van der Waals surface area contributed by atoms with Gasteiger partial charge in [-0.25, -0.2) is 0 Å². The molecule has 1 heterocycles. The Balaban J connectivity index is 1.77. The fourth-order valence-corrected chi connectivity index (χ4v) is 8.48. The van der Waals surface area contributed by atoms with E-state index in [-0.39, 0.29) is 23.8 Å². The molecule has 0 aromatic heterocycles. The van der Waals surface area contributed by atoms with Crippen LogP contribution in [0.25, 0.3) is 0 Å². The highest BCUT2D eigenvalue weighted by molar-refractivity contribution is 6.78. The molecule has 2 aromatic rings. The third kappa shape index (κ3) is 3.21. The number of benzene rings is 2. The molecule has 0 radical (unpaired) electrons. The Morgan fingerprint density at radius 3 is 2.10 bits per heavy atom. The Bertz CT molecular complexity index is 925. The first-order valence-corrected chi connectivity index (χ1v) is 13.9. The molecule has 4 rings (SSSR count). The molecule has 1 aliphatic carbocycles. The van der Waals surface area contributed by atoms with Crippen molar-refractivity contribution in [3.63, 3.8) is 0 Å². The van der Waals surface area contributed by atoms with Crippen LogP contribution >= 0.6 is 0 Å². The molecule has 0 spiro atoms. The highest BCUT2D eigenvalue weighted by Gasteiger charge is 2.70. The Hall–Kier alpha value is -2.40. The Morgan fingerprint density at radius 2 is 1.55 bits per heavy atom. The van der Waals surface area contributed by atoms with Gasteiger partial charge < -0.3 is 10.2 Å². The van der Waals surface area contributed by atoms with Crippen LogP contribution in [0.5, 0.6) is 0 Å². The number of amides is 2. The van der Waals surface area contributed by atoms with Gasteiger partial charge in [0, 0.05) is 24.6 Å². The van der Waals surface area contributed by atoms with Gasteiger partial charge in [0.2, 0.25) is 5.91 Å². The van der Waals surface area contributed by atoms with Gasteiger partial charge in [0.15, 0.2) is 0 Å². The number of nitrogens with one attached hydrogen (secondary N) is 1. The maximum atomic E-state index is 13.6. The van der Waals surface area contributed by atoms with Gasteiger partial charge in [-0.05, 0) is 36.1 Å². The van der Waals surface area contributed by atoms with Crippen molar-refractivity contribution in [1.82, 2.24) is 10.2 Å². The Morgan fingerprint density at radius 1 is 1.00 bits per heavy atom. The van der Waals surface area contributed by atoms with E-state index < -0.39 is 13.6 Å². The lowest BCUT2D eigenvalue weighted by Crippen LogP contribution is -2.64. The summed E-state index contributed by atoms with van der Waals surface area (Å²) in [6.07, 6.45) is 0. The summed E-state index contributed by atoms with van der Waals surface area (Å²) in [4.78, 5) is 28.6. The van der Waals surface area contributed by atoms with Gasteiger partial charge in [-0.15, -0.1) is 0 Å². The Kier molecular flexibility index (Phi) is 4.69. The van der Waals surface area contributed by atoms with Gasteiger partial charge in [-0.2, -0.15) is 0 Å². The molecule has 2 fully saturated rings. The molecular weight excluding hydrogens is 376 g/mol. The number of fused-ring (bicyclic) bond motifs is 1. The third-order valence-corrected chi connectivity index (χ3v) is 9.55. The first-order chi connectivity index (χ1) is 13.7. The van der Waals surface area contributed by atoms with Crippen molar-refractivity contribution in [3.05, 3.63) is 71.8 Å². The monoisotopic (exact) mass is 406 g/mol. The number of piperidine rings is 1. The summed E-state index contributed by atoms with van der Waals surface area (Å²) in [5.74, 6) is 0.173. The third-order valence-electron chi connectivity index (χ3n) is 6.82. The van der Waals surface area contributed by atoms with E-state index in [2.05, 4.69) is 37.1 Å². The van der Waals surface area contributed by atoms with Crippen molar-refractivity contribution in [1.29, 1.82) is 0 Å². The van der Waals surface area contributed by atoms with Crippen LogP contribution in [0.15, 0.2) is 60.7 Å². The Labute approximate surface area is 174 Å². The standard InChI is InChI=1S/C24H30N2O2Si/c1-24(25-22(27)17-14-10-7-11-15-17)19(16-12-8-6-9-13-16)18-20(26(2)23(24)28)21(18)29(3,4)5/h6-15,18-21H,1-5H3,(H,25,27)/t18-,19+,20+,21?,24-/m1/s1. The second-order valence-electron chi connectivity index (χ2n) is 9.79. The van der Waals surface area contributed by atoms with Crippen LogP contribution in [0, 0.1) is 5.92 Å². The van der Waals surface area contributed by atoms with Gasteiger partial charge in [0.25, 0.3) is 5.91 Å². The van der Waals surface area contributed by atoms with Gasteiger partial charge in [-0.1, -0.05) is 68.2 Å². The number of nitrogens with zero attached hydrogens (tertiary/aromatic N) is 1. The molecule has 29 heavy (non-hydrogen) atoms. The minimum atomic E-state index is -1.47. The zero-order valence-electron chi connectivity index (χ0n) is 17.8. The number of carbonyl (C=O) groups is 2. The lowest BCUT2D eigenvalue weighted by Gasteiger charge is -2.44. The summed E-state index contributed by atoms with van der Waals surface area (Å²) < 4.78 is 0. The maximum Gasteiger partial charge on any atom is 0.252 e. The second kappa shape index (κ2) is 6.84. The van der Waals surface area contributed by atoms with E-state index in [1.807, 2.05) is 55.3 Å². The summed E-state index contributed by atoms with van der Waals surface area (Å²) in [5, 5.41) is 3.15. The maximum absolute atomic E-state index is 13.6. The number of hydrogen-bond donors (Lipinski definition) is 1. The minimum Gasteiger partial charge on any atom is -0.340 e. The summed E-state index contributed by atoms with van der Waals surface area (Å²) in [7, 11) is 0.440. The highest BCUT2D eigenvalue weighted by atomic mass is 28.3. The first kappa shape index (κ1) is 19.9. The molecule has 1 aliphatic heterocycles. The molecule has 152 valence electrons. The largest absolute Gasteiger partial charge is 0.340 e. The molecular formula is C24H30N2O2Si. The van der Waals surface area contributed by atoms with E-state index in [0.29, 0.717) is 17.0 Å². The molecule has 1 saturated carbocycles. The van der Waals surface area contributed by atoms with Crippen molar-refractivity contribution in [2.75, 3.05) is 7.05 Å². The predicted octanol–water partition coefficient (Wildman–Crippen LogP) is 4.14. The van der Waals surface area contributed by atoms with Crippen molar-refractivity contribution in [3.8, 4) is 0 Å². The van der Waals surface area contributed by atoms with Crippen molar-refractivity contribution < 1.29 is 9.59 Å². The van der Waals surface area contributed by atoms with Crippen LogP contribution in [-0.2, 0) is 4.79 Å². The molecule has 1 unspecified atom stereocenters. The van der Waals surface area contributed by atoms with E-state index >= 15 is 0 Å². The van der Waals surface area contributed by atoms with Crippen molar-refractivity contribution in [2.24, 2.45) is 5.92 Å². The minimum absolute atomic E-state index is 0.0117. The number of carbonyl (C=O) groups excluding carboxylic acids is 2. The van der Waals surface area contributed by atoms with Gasteiger partial charge in [0.1, 0.15) is 5.54 Å². The SMILES string of the molecule is CN1C(=O)[C@](C)(NC(=O)c2ccccc2)[C@@H](c2ccccc2)[C@H]2C([Si](C)(C)C)[C@H]21. The van der Waals surface area contributed by atoms with Gasteiger partial charge in [0.05, 0.1) is 8.07 Å². The van der Waals surface area contributed by atoms with E-state index in [1.165, 1.54) is 0 Å². The van der Waals surface area contributed by atoms with E-state index in [1.54, 1.807) is 12.1 Å². The average Bonchev–Trinajstić information content (AvgIpc) is 3.43. The number of rotatable bonds is 4. The van der Waals surface area contributed by atoms with Crippen LogP contribution in [0.3, 0.4) is 0 Å². The normalized spacial score (nSPS) is 31.2. The zero-order chi connectivity index (χ0) is 21.0. The van der Waals surface area contributed by atoms with Crippen LogP contribution in [0.2, 0.25) is 25.2 Å². The molecule has 2 aliphatic rings. The summed E-state index contributed by atoms with van der Waals surface area (Å²) in [5.41, 5.74) is 1.28. The van der Waals surface area contributed by atoms with E-state index in [0.717, 1.165) is 5.56 Å². The van der Waals surface area contributed by atoms with Crippen LogP contribution in [0.1, 0.15) is 28.8 Å². The highest BCUT2D eigenvalue weighted by Crippen LogP contribution is 2.65. The summed E-state index contributed by atoms with van der Waals surface area (Å²) >= 11 is 0. The first-order valence-electron chi connectivity index (χ1n) is 10.4. The van der Waals surface area contributed by atoms with E-state index in [4.69, 9.17) is 0 Å². The second-order valence-corrected chi connectivity index (χ2v) is 15.2. The number of hydrogen-bond acceptors (Lipinski definition) is 2. The molecule has 2 amide bonds. The fourth-order valence-electron chi connectivity index (χ4n) is 5.58. The molecule has 2 aromatic carbocycles. The number of likely N-dealkylation sites (N-methyl/N-ethyl adjacent to an activating group) is 1. The molecule has 0 bridgehead atoms. The summed E-state index contributed by atoms with van der Waals surface area (Å²) in [6, 6.07) is 19.7. The molecule has 5 atom stereocenters. The van der Waals surface area contributed by atoms with Gasteiger partial charge >= 0.3 is 0 Å². The lowest BCUT2D eigenvalue weighted by atomic mass is 9.74.